The van der Waals surface area contributed by atoms with E-state index in [9.17, 15) is 9.59 Å². The number of halogens is 1. The van der Waals surface area contributed by atoms with Gasteiger partial charge in [0.25, 0.3) is 0 Å². The summed E-state index contributed by atoms with van der Waals surface area (Å²) in [5.74, 6) is 0.414. The average Bonchev–Trinajstić information content (AvgIpc) is 3.30. The first kappa shape index (κ1) is 15.5. The molecule has 23 heavy (non-hydrogen) atoms. The highest BCUT2D eigenvalue weighted by Gasteiger charge is 2.29. The van der Waals surface area contributed by atoms with Crippen LogP contribution in [0.15, 0.2) is 28.8 Å². The maximum Gasteiger partial charge on any atom is 0.241 e. The van der Waals surface area contributed by atoms with Crippen LogP contribution in [0.3, 0.4) is 0 Å². The minimum Gasteiger partial charge on any atom is -0.339 e. The third kappa shape index (κ3) is 4.29. The number of aryl methyl sites for hydroxylation is 1. The summed E-state index contributed by atoms with van der Waals surface area (Å²) in [7, 11) is 0. The summed E-state index contributed by atoms with van der Waals surface area (Å²) in [5.41, 5.74) is 5.56. The third-order valence-corrected chi connectivity index (χ3v) is 3.66. The molecule has 1 aliphatic rings. The number of carbonyl (C=O) groups excluding carboxylic acids is 2. The van der Waals surface area contributed by atoms with Gasteiger partial charge in [0.2, 0.25) is 23.5 Å². The molecule has 2 N–H and O–H groups in total. The molecule has 1 saturated carbocycles. The van der Waals surface area contributed by atoms with Crippen LogP contribution in [0.4, 0.5) is 0 Å². The van der Waals surface area contributed by atoms with Gasteiger partial charge in [-0.05, 0) is 37.1 Å². The Hall–Kier alpha value is -2.41. The van der Waals surface area contributed by atoms with Crippen LogP contribution in [0.2, 0.25) is 5.02 Å². The number of rotatable bonds is 5. The fourth-order valence-electron chi connectivity index (χ4n) is 1.93. The molecule has 2 aromatic rings. The van der Waals surface area contributed by atoms with Crippen LogP contribution >= 0.6 is 11.6 Å². The zero-order chi connectivity index (χ0) is 16.2. The predicted octanol–water partition coefficient (Wildman–Crippen LogP) is 1.88. The van der Waals surface area contributed by atoms with Crippen molar-refractivity contribution in [2.45, 2.75) is 25.7 Å². The molecule has 2 amide bonds. The lowest BCUT2D eigenvalue weighted by Gasteiger charge is -2.05. The summed E-state index contributed by atoms with van der Waals surface area (Å²) in [6.07, 6.45) is 2.22. The summed E-state index contributed by atoms with van der Waals surface area (Å²) < 4.78 is 5.11. The molecule has 1 heterocycles. The standard InChI is InChI=1S/C15H15ClN4O3/c16-11-5-3-9(4-6-11)14-17-13(23-20-14)8-7-12(21)18-19-15(22)10-1-2-10/h3-6,10H,1-2,7-8H2,(H,18,21)(H,19,22). The molecule has 0 bridgehead atoms. The molecule has 1 fully saturated rings. The Balaban J connectivity index is 1.47. The molecule has 0 radical (unpaired) electrons. The summed E-state index contributed by atoms with van der Waals surface area (Å²) in [6, 6.07) is 7.06. The number of hydrogen-bond donors (Lipinski definition) is 2. The summed E-state index contributed by atoms with van der Waals surface area (Å²) in [4.78, 5) is 27.3. The number of nitrogens with one attached hydrogen (secondary N) is 2. The predicted molar refractivity (Wildman–Crippen MR) is 82.1 cm³/mol. The van der Waals surface area contributed by atoms with E-state index in [1.807, 2.05) is 0 Å². The van der Waals surface area contributed by atoms with Gasteiger partial charge in [-0.15, -0.1) is 0 Å². The lowest BCUT2D eigenvalue weighted by atomic mass is 10.2. The van der Waals surface area contributed by atoms with Gasteiger partial charge >= 0.3 is 0 Å². The summed E-state index contributed by atoms with van der Waals surface area (Å²) in [6.45, 7) is 0. The highest BCUT2D eigenvalue weighted by atomic mass is 35.5. The highest BCUT2D eigenvalue weighted by molar-refractivity contribution is 6.30. The zero-order valence-electron chi connectivity index (χ0n) is 12.2. The number of nitrogens with zero attached hydrogens (tertiary/aromatic N) is 2. The largest absolute Gasteiger partial charge is 0.339 e. The van der Waals surface area contributed by atoms with Gasteiger partial charge in [-0.3, -0.25) is 20.4 Å². The Morgan fingerprint density at radius 3 is 2.65 bits per heavy atom. The van der Waals surface area contributed by atoms with Crippen LogP contribution < -0.4 is 10.9 Å². The van der Waals surface area contributed by atoms with E-state index in [4.69, 9.17) is 16.1 Å². The van der Waals surface area contributed by atoms with E-state index in [1.165, 1.54) is 0 Å². The summed E-state index contributed by atoms with van der Waals surface area (Å²) in [5, 5.41) is 4.50. The molecule has 8 heteroatoms. The van der Waals surface area contributed by atoms with Gasteiger partial charge in [0, 0.05) is 29.3 Å². The lowest BCUT2D eigenvalue weighted by molar-refractivity contribution is -0.129. The maximum absolute atomic E-state index is 11.6. The van der Waals surface area contributed by atoms with Crippen molar-refractivity contribution in [1.82, 2.24) is 21.0 Å². The van der Waals surface area contributed by atoms with E-state index < -0.39 is 0 Å². The number of hydrazine groups is 1. The van der Waals surface area contributed by atoms with Crippen molar-refractivity contribution in [2.75, 3.05) is 0 Å². The monoisotopic (exact) mass is 334 g/mol. The number of benzene rings is 1. The van der Waals surface area contributed by atoms with Crippen LogP contribution in [0.25, 0.3) is 11.4 Å². The Kier molecular flexibility index (Phi) is 4.57. The molecule has 3 rings (SSSR count). The zero-order valence-corrected chi connectivity index (χ0v) is 13.0. The quantitative estimate of drug-likeness (QED) is 0.814. The Labute approximate surface area is 137 Å². The average molecular weight is 335 g/mol. The number of aromatic nitrogens is 2. The molecule has 1 aliphatic carbocycles. The van der Waals surface area contributed by atoms with Gasteiger partial charge in [0.15, 0.2) is 0 Å². The van der Waals surface area contributed by atoms with Gasteiger partial charge in [0.1, 0.15) is 0 Å². The third-order valence-electron chi connectivity index (χ3n) is 3.41. The number of carbonyl (C=O) groups is 2. The van der Waals surface area contributed by atoms with Gasteiger partial charge in [-0.25, -0.2) is 0 Å². The highest BCUT2D eigenvalue weighted by Crippen LogP contribution is 2.28. The minimum atomic E-state index is -0.301. The van der Waals surface area contributed by atoms with Crippen LogP contribution in [-0.2, 0) is 16.0 Å². The lowest BCUT2D eigenvalue weighted by Crippen LogP contribution is -2.42. The number of amides is 2. The first-order valence-electron chi connectivity index (χ1n) is 7.29. The van der Waals surface area contributed by atoms with E-state index in [1.54, 1.807) is 24.3 Å². The molecule has 0 saturated heterocycles. The topological polar surface area (TPSA) is 97.1 Å². The molecule has 0 atom stereocenters. The SMILES string of the molecule is O=C(CCc1nc(-c2ccc(Cl)cc2)no1)NNC(=O)C1CC1. The molecule has 7 nitrogen and oxygen atoms in total. The molecule has 1 aromatic heterocycles. The van der Waals surface area contributed by atoms with Gasteiger partial charge in [-0.2, -0.15) is 4.98 Å². The first-order chi connectivity index (χ1) is 11.1. The molecular weight excluding hydrogens is 320 g/mol. The van der Waals surface area contributed by atoms with E-state index in [-0.39, 0.29) is 24.2 Å². The van der Waals surface area contributed by atoms with Crippen molar-refractivity contribution in [1.29, 1.82) is 0 Å². The Morgan fingerprint density at radius 1 is 1.22 bits per heavy atom. The molecule has 0 spiro atoms. The van der Waals surface area contributed by atoms with Crippen LogP contribution in [0, 0.1) is 5.92 Å². The number of hydrogen-bond acceptors (Lipinski definition) is 5. The van der Waals surface area contributed by atoms with E-state index in [0.717, 1.165) is 18.4 Å². The van der Waals surface area contributed by atoms with Crippen molar-refractivity contribution in [3.05, 3.63) is 35.2 Å². The normalized spacial score (nSPS) is 13.6. The second-order valence-electron chi connectivity index (χ2n) is 5.33. The van der Waals surface area contributed by atoms with E-state index in [2.05, 4.69) is 21.0 Å². The van der Waals surface area contributed by atoms with Gasteiger partial charge in [-0.1, -0.05) is 16.8 Å². The summed E-state index contributed by atoms with van der Waals surface area (Å²) >= 11 is 5.83. The second-order valence-corrected chi connectivity index (χ2v) is 5.77. The molecule has 0 unspecified atom stereocenters. The van der Waals surface area contributed by atoms with E-state index >= 15 is 0 Å². The Bertz CT molecular complexity index is 710. The van der Waals surface area contributed by atoms with Crippen molar-refractivity contribution in [2.24, 2.45) is 5.92 Å². The molecule has 1 aromatic carbocycles. The maximum atomic E-state index is 11.6. The molecule has 120 valence electrons. The second kappa shape index (κ2) is 6.78. The molecule has 0 aliphatic heterocycles. The van der Waals surface area contributed by atoms with Crippen LogP contribution in [-0.4, -0.2) is 22.0 Å². The van der Waals surface area contributed by atoms with Crippen molar-refractivity contribution in [3.63, 3.8) is 0 Å². The first-order valence-corrected chi connectivity index (χ1v) is 7.67. The van der Waals surface area contributed by atoms with Crippen LogP contribution in [0.1, 0.15) is 25.2 Å². The fraction of sp³-hybridized carbons (Fsp3) is 0.333. The Morgan fingerprint density at radius 2 is 1.96 bits per heavy atom. The minimum absolute atomic E-state index is 0.0492. The van der Waals surface area contributed by atoms with E-state index in [0.29, 0.717) is 23.2 Å². The van der Waals surface area contributed by atoms with Gasteiger partial charge < -0.3 is 4.52 Å². The smallest absolute Gasteiger partial charge is 0.241 e. The van der Waals surface area contributed by atoms with Crippen molar-refractivity contribution >= 4 is 23.4 Å². The molecular formula is C15H15ClN4O3. The van der Waals surface area contributed by atoms with Crippen molar-refractivity contribution < 1.29 is 14.1 Å². The van der Waals surface area contributed by atoms with Crippen molar-refractivity contribution in [3.8, 4) is 11.4 Å². The fourth-order valence-corrected chi connectivity index (χ4v) is 2.06. The van der Waals surface area contributed by atoms with Gasteiger partial charge in [0.05, 0.1) is 0 Å². The van der Waals surface area contributed by atoms with Crippen LogP contribution in [0.5, 0.6) is 0 Å².